The third-order valence-electron chi connectivity index (χ3n) is 3.54. The van der Waals surface area contributed by atoms with Gasteiger partial charge in [0.2, 0.25) is 5.91 Å². The standard InChI is InChI=1S/C16H18N2O3/c1-11-3-4-12(2)18(11)10-16(19)17-13-5-6-14-15(9-13)21-8-7-20-14/h3-6,9H,7-8,10H2,1-2H3,(H,17,19). The quantitative estimate of drug-likeness (QED) is 0.943. The first kappa shape index (κ1) is 13.5. The number of ether oxygens (including phenoxy) is 2. The molecule has 5 heteroatoms. The Morgan fingerprint density at radius 3 is 2.48 bits per heavy atom. The monoisotopic (exact) mass is 286 g/mol. The minimum Gasteiger partial charge on any atom is -0.486 e. The fourth-order valence-corrected chi connectivity index (χ4v) is 2.41. The van der Waals surface area contributed by atoms with Crippen LogP contribution >= 0.6 is 0 Å². The maximum Gasteiger partial charge on any atom is 0.244 e. The Balaban J connectivity index is 1.70. The first-order valence-electron chi connectivity index (χ1n) is 6.96. The number of aromatic nitrogens is 1. The molecule has 0 bridgehead atoms. The Morgan fingerprint density at radius 2 is 1.76 bits per heavy atom. The normalized spacial score (nSPS) is 13.0. The highest BCUT2D eigenvalue weighted by atomic mass is 16.6. The number of carbonyl (C=O) groups excluding carboxylic acids is 1. The van der Waals surface area contributed by atoms with Crippen LogP contribution in [0.25, 0.3) is 0 Å². The smallest absolute Gasteiger partial charge is 0.244 e. The van der Waals surface area contributed by atoms with Gasteiger partial charge in [0.25, 0.3) is 0 Å². The molecule has 2 aromatic rings. The molecule has 0 radical (unpaired) electrons. The summed E-state index contributed by atoms with van der Waals surface area (Å²) in [6.07, 6.45) is 0. The van der Waals surface area contributed by atoms with E-state index in [4.69, 9.17) is 9.47 Å². The average molecular weight is 286 g/mol. The summed E-state index contributed by atoms with van der Waals surface area (Å²) in [5, 5.41) is 2.89. The molecule has 3 rings (SSSR count). The molecule has 0 fully saturated rings. The van der Waals surface area contributed by atoms with Crippen molar-refractivity contribution in [3.05, 3.63) is 41.7 Å². The lowest BCUT2D eigenvalue weighted by Crippen LogP contribution is -2.20. The molecule has 0 aliphatic carbocycles. The van der Waals surface area contributed by atoms with Gasteiger partial charge in [-0.25, -0.2) is 0 Å². The summed E-state index contributed by atoms with van der Waals surface area (Å²) in [4.78, 5) is 12.1. The van der Waals surface area contributed by atoms with Crippen molar-refractivity contribution in [2.45, 2.75) is 20.4 Å². The first-order chi connectivity index (χ1) is 10.1. The molecule has 0 spiro atoms. The molecular weight excluding hydrogens is 268 g/mol. The van der Waals surface area contributed by atoms with E-state index in [-0.39, 0.29) is 5.91 Å². The molecule has 2 heterocycles. The fourth-order valence-electron chi connectivity index (χ4n) is 2.41. The second-order valence-corrected chi connectivity index (χ2v) is 5.11. The van der Waals surface area contributed by atoms with Crippen molar-refractivity contribution >= 4 is 11.6 Å². The number of benzene rings is 1. The second-order valence-electron chi connectivity index (χ2n) is 5.11. The van der Waals surface area contributed by atoms with Crippen molar-refractivity contribution in [2.75, 3.05) is 18.5 Å². The van der Waals surface area contributed by atoms with Crippen LogP contribution in [0.5, 0.6) is 11.5 Å². The molecule has 0 unspecified atom stereocenters. The van der Waals surface area contributed by atoms with Crippen LogP contribution in [-0.4, -0.2) is 23.7 Å². The minimum atomic E-state index is -0.0610. The molecule has 1 aliphatic rings. The van der Waals surface area contributed by atoms with Gasteiger partial charge in [-0.3, -0.25) is 4.79 Å². The largest absolute Gasteiger partial charge is 0.486 e. The van der Waals surface area contributed by atoms with Crippen molar-refractivity contribution in [2.24, 2.45) is 0 Å². The lowest BCUT2D eigenvalue weighted by molar-refractivity contribution is -0.116. The van der Waals surface area contributed by atoms with E-state index in [2.05, 4.69) is 5.32 Å². The van der Waals surface area contributed by atoms with Crippen molar-refractivity contribution in [1.29, 1.82) is 0 Å². The molecular formula is C16H18N2O3. The number of hydrogen-bond donors (Lipinski definition) is 1. The molecule has 0 saturated heterocycles. The molecule has 0 saturated carbocycles. The number of amides is 1. The van der Waals surface area contributed by atoms with Gasteiger partial charge in [0.05, 0.1) is 0 Å². The lowest BCUT2D eigenvalue weighted by atomic mass is 10.2. The highest BCUT2D eigenvalue weighted by molar-refractivity contribution is 5.91. The zero-order valence-corrected chi connectivity index (χ0v) is 12.2. The predicted molar refractivity (Wildman–Crippen MR) is 80.0 cm³/mol. The van der Waals surface area contributed by atoms with Crippen molar-refractivity contribution < 1.29 is 14.3 Å². The van der Waals surface area contributed by atoms with E-state index in [0.717, 1.165) is 17.1 Å². The van der Waals surface area contributed by atoms with E-state index in [0.29, 0.717) is 31.2 Å². The summed E-state index contributed by atoms with van der Waals surface area (Å²) in [7, 11) is 0. The number of nitrogens with one attached hydrogen (secondary N) is 1. The zero-order chi connectivity index (χ0) is 14.8. The van der Waals surface area contributed by atoms with Gasteiger partial charge in [-0.2, -0.15) is 0 Å². The number of fused-ring (bicyclic) bond motifs is 1. The van der Waals surface area contributed by atoms with Gasteiger partial charge in [-0.05, 0) is 38.1 Å². The number of aryl methyl sites for hydroxylation is 2. The van der Waals surface area contributed by atoms with E-state index in [9.17, 15) is 4.79 Å². The van der Waals surface area contributed by atoms with Gasteiger partial charge in [0, 0.05) is 23.1 Å². The summed E-state index contributed by atoms with van der Waals surface area (Å²) in [6.45, 7) is 5.38. The van der Waals surface area contributed by atoms with E-state index in [1.807, 2.05) is 42.7 Å². The number of carbonyl (C=O) groups is 1. The van der Waals surface area contributed by atoms with Crippen molar-refractivity contribution in [1.82, 2.24) is 4.57 Å². The van der Waals surface area contributed by atoms with Crippen LogP contribution < -0.4 is 14.8 Å². The van der Waals surface area contributed by atoms with E-state index in [1.165, 1.54) is 0 Å². The highest BCUT2D eigenvalue weighted by Gasteiger charge is 2.13. The average Bonchev–Trinajstić information content (AvgIpc) is 2.79. The lowest BCUT2D eigenvalue weighted by Gasteiger charge is -2.19. The van der Waals surface area contributed by atoms with Gasteiger partial charge in [-0.1, -0.05) is 0 Å². The molecule has 1 aromatic carbocycles. The second kappa shape index (κ2) is 5.52. The van der Waals surface area contributed by atoms with Crippen LogP contribution in [0.2, 0.25) is 0 Å². The van der Waals surface area contributed by atoms with Gasteiger partial charge in [0.15, 0.2) is 11.5 Å². The molecule has 1 amide bonds. The third kappa shape index (κ3) is 2.86. The van der Waals surface area contributed by atoms with Crippen molar-refractivity contribution in [3.8, 4) is 11.5 Å². The van der Waals surface area contributed by atoms with Crippen molar-refractivity contribution in [3.63, 3.8) is 0 Å². The Morgan fingerprint density at radius 1 is 1.10 bits per heavy atom. The first-order valence-corrected chi connectivity index (χ1v) is 6.96. The van der Waals surface area contributed by atoms with Crippen LogP contribution in [0.15, 0.2) is 30.3 Å². The van der Waals surface area contributed by atoms with Crippen LogP contribution in [0, 0.1) is 13.8 Å². The van der Waals surface area contributed by atoms with Crippen LogP contribution in [0.3, 0.4) is 0 Å². The molecule has 1 N–H and O–H groups in total. The third-order valence-corrected chi connectivity index (χ3v) is 3.54. The Hall–Kier alpha value is -2.43. The van der Waals surface area contributed by atoms with Crippen LogP contribution in [0.4, 0.5) is 5.69 Å². The van der Waals surface area contributed by atoms with Crippen LogP contribution in [0.1, 0.15) is 11.4 Å². The Kier molecular flexibility index (Phi) is 3.56. The summed E-state index contributed by atoms with van der Waals surface area (Å²) in [6, 6.07) is 9.44. The summed E-state index contributed by atoms with van der Waals surface area (Å²) >= 11 is 0. The highest BCUT2D eigenvalue weighted by Crippen LogP contribution is 2.32. The van der Waals surface area contributed by atoms with E-state index < -0.39 is 0 Å². The minimum absolute atomic E-state index is 0.0610. The van der Waals surface area contributed by atoms with Gasteiger partial charge in [0.1, 0.15) is 19.8 Å². The summed E-state index contributed by atoms with van der Waals surface area (Å²) in [5.74, 6) is 1.33. The Bertz CT molecular complexity index is 657. The van der Waals surface area contributed by atoms with Gasteiger partial charge < -0.3 is 19.4 Å². The molecule has 110 valence electrons. The fraction of sp³-hybridized carbons (Fsp3) is 0.312. The SMILES string of the molecule is Cc1ccc(C)n1CC(=O)Nc1ccc2c(c1)OCCO2. The summed E-state index contributed by atoms with van der Waals surface area (Å²) in [5.41, 5.74) is 2.86. The molecule has 21 heavy (non-hydrogen) atoms. The predicted octanol–water partition coefficient (Wildman–Crippen LogP) is 2.51. The molecule has 5 nitrogen and oxygen atoms in total. The number of nitrogens with zero attached hydrogens (tertiary/aromatic N) is 1. The van der Waals surface area contributed by atoms with E-state index >= 15 is 0 Å². The topological polar surface area (TPSA) is 52.5 Å². The molecule has 1 aliphatic heterocycles. The van der Waals surface area contributed by atoms with Crippen LogP contribution in [-0.2, 0) is 11.3 Å². The van der Waals surface area contributed by atoms with Gasteiger partial charge >= 0.3 is 0 Å². The zero-order valence-electron chi connectivity index (χ0n) is 12.2. The number of anilines is 1. The van der Waals surface area contributed by atoms with Gasteiger partial charge in [-0.15, -0.1) is 0 Å². The Labute approximate surface area is 123 Å². The number of rotatable bonds is 3. The number of hydrogen-bond acceptors (Lipinski definition) is 3. The maximum atomic E-state index is 12.1. The van der Waals surface area contributed by atoms with E-state index in [1.54, 1.807) is 6.07 Å². The molecule has 1 aromatic heterocycles. The molecule has 0 atom stereocenters. The maximum absolute atomic E-state index is 12.1. The summed E-state index contributed by atoms with van der Waals surface area (Å²) < 4.78 is 12.9.